The summed E-state index contributed by atoms with van der Waals surface area (Å²) in [6.07, 6.45) is -1.76. The predicted molar refractivity (Wildman–Crippen MR) is 128 cm³/mol. The van der Waals surface area contributed by atoms with Crippen molar-refractivity contribution in [2.75, 3.05) is 19.6 Å². The van der Waals surface area contributed by atoms with Gasteiger partial charge >= 0.3 is 12.2 Å². The van der Waals surface area contributed by atoms with Crippen LogP contribution >= 0.6 is 0 Å². The first-order valence-corrected chi connectivity index (χ1v) is 11.4. The second kappa shape index (κ2) is 10.2. The standard InChI is InChI=1S/C26H33N3O5/c1-25(2,3)34-24(33)29-16-15-27(23(31)32)19-26(29,4)22(30)28(17-20-11-7-5-8-12-20)18-21-13-9-6-10-14-21/h5-14H,15-19H2,1-4H3,(H,31,32). The zero-order valence-corrected chi connectivity index (χ0v) is 20.2. The quantitative estimate of drug-likeness (QED) is 0.712. The van der Waals surface area contributed by atoms with Crippen LogP contribution in [0.5, 0.6) is 0 Å². The minimum Gasteiger partial charge on any atom is -0.465 e. The van der Waals surface area contributed by atoms with Crippen LogP contribution in [0.15, 0.2) is 60.7 Å². The number of hydrogen-bond donors (Lipinski definition) is 1. The van der Waals surface area contributed by atoms with E-state index >= 15 is 0 Å². The molecule has 1 N–H and O–H groups in total. The molecule has 0 aliphatic carbocycles. The summed E-state index contributed by atoms with van der Waals surface area (Å²) >= 11 is 0. The summed E-state index contributed by atoms with van der Waals surface area (Å²) in [5.74, 6) is -0.336. The Morgan fingerprint density at radius 3 is 1.88 bits per heavy atom. The maximum absolute atomic E-state index is 14.1. The number of carbonyl (C=O) groups excluding carboxylic acids is 2. The van der Waals surface area contributed by atoms with Crippen LogP contribution in [0.25, 0.3) is 0 Å². The van der Waals surface area contributed by atoms with Crippen LogP contribution in [0.2, 0.25) is 0 Å². The van der Waals surface area contributed by atoms with Gasteiger partial charge in [0.25, 0.3) is 5.91 Å². The molecule has 1 fully saturated rings. The highest BCUT2D eigenvalue weighted by molar-refractivity contribution is 5.91. The van der Waals surface area contributed by atoms with Crippen molar-refractivity contribution >= 4 is 18.1 Å². The van der Waals surface area contributed by atoms with Gasteiger partial charge in [-0.3, -0.25) is 9.69 Å². The lowest BCUT2D eigenvalue weighted by molar-refractivity contribution is -0.148. The van der Waals surface area contributed by atoms with Gasteiger partial charge in [-0.15, -0.1) is 0 Å². The fourth-order valence-electron chi connectivity index (χ4n) is 4.11. The molecule has 2 aromatic rings. The molecule has 2 aromatic carbocycles. The molecule has 3 amide bonds. The Kier molecular flexibility index (Phi) is 7.49. The largest absolute Gasteiger partial charge is 0.465 e. The van der Waals surface area contributed by atoms with Crippen molar-refractivity contribution in [1.29, 1.82) is 0 Å². The summed E-state index contributed by atoms with van der Waals surface area (Å²) in [5, 5.41) is 9.64. The molecule has 1 aliphatic heterocycles. The average molecular weight is 468 g/mol. The highest BCUT2D eigenvalue weighted by Crippen LogP contribution is 2.28. The number of amides is 3. The van der Waals surface area contributed by atoms with Crippen molar-refractivity contribution in [2.45, 2.75) is 51.9 Å². The number of carbonyl (C=O) groups is 3. The average Bonchev–Trinajstić information content (AvgIpc) is 2.78. The van der Waals surface area contributed by atoms with Crippen LogP contribution < -0.4 is 0 Å². The van der Waals surface area contributed by atoms with E-state index in [4.69, 9.17) is 4.74 Å². The van der Waals surface area contributed by atoms with E-state index in [1.54, 1.807) is 32.6 Å². The molecule has 1 aliphatic rings. The van der Waals surface area contributed by atoms with Crippen LogP contribution in [0.1, 0.15) is 38.8 Å². The van der Waals surface area contributed by atoms with Crippen LogP contribution in [0, 0.1) is 0 Å². The van der Waals surface area contributed by atoms with Crippen LogP contribution in [0.3, 0.4) is 0 Å². The van der Waals surface area contributed by atoms with Crippen molar-refractivity contribution < 1.29 is 24.2 Å². The molecule has 0 saturated carbocycles. The first-order chi connectivity index (χ1) is 16.0. The Bertz CT molecular complexity index is 965. The zero-order valence-electron chi connectivity index (χ0n) is 20.2. The molecule has 0 spiro atoms. The molecule has 1 heterocycles. The molecule has 1 unspecified atom stereocenters. The van der Waals surface area contributed by atoms with Gasteiger partial charge in [0.1, 0.15) is 11.1 Å². The van der Waals surface area contributed by atoms with Gasteiger partial charge in [-0.25, -0.2) is 9.59 Å². The fourth-order valence-corrected chi connectivity index (χ4v) is 4.11. The Labute approximate surface area is 200 Å². The third kappa shape index (κ3) is 6.07. The highest BCUT2D eigenvalue weighted by atomic mass is 16.6. The second-order valence-electron chi connectivity index (χ2n) is 9.74. The second-order valence-corrected chi connectivity index (χ2v) is 9.74. The van der Waals surface area contributed by atoms with Crippen molar-refractivity contribution in [3.63, 3.8) is 0 Å². The molecule has 8 heteroatoms. The minimum absolute atomic E-state index is 0.0635. The van der Waals surface area contributed by atoms with Crippen molar-refractivity contribution in [2.24, 2.45) is 0 Å². The van der Waals surface area contributed by atoms with Crippen molar-refractivity contribution in [3.8, 4) is 0 Å². The van der Waals surface area contributed by atoms with Crippen LogP contribution in [-0.4, -0.2) is 68.7 Å². The zero-order chi connectivity index (χ0) is 24.9. The van der Waals surface area contributed by atoms with E-state index in [0.29, 0.717) is 13.1 Å². The lowest BCUT2D eigenvalue weighted by Gasteiger charge is -2.48. The molecule has 34 heavy (non-hydrogen) atoms. The van der Waals surface area contributed by atoms with E-state index < -0.39 is 23.3 Å². The predicted octanol–water partition coefficient (Wildman–Crippen LogP) is 4.20. The number of nitrogens with zero attached hydrogens (tertiary/aromatic N) is 3. The van der Waals surface area contributed by atoms with E-state index in [1.165, 1.54) is 9.80 Å². The van der Waals surface area contributed by atoms with Gasteiger partial charge in [0.15, 0.2) is 0 Å². The summed E-state index contributed by atoms with van der Waals surface area (Å²) in [6, 6.07) is 19.2. The molecule has 3 rings (SSSR count). The molecule has 1 atom stereocenters. The Morgan fingerprint density at radius 1 is 0.941 bits per heavy atom. The maximum Gasteiger partial charge on any atom is 0.411 e. The van der Waals surface area contributed by atoms with E-state index in [1.807, 2.05) is 60.7 Å². The topological polar surface area (TPSA) is 90.4 Å². The molecular weight excluding hydrogens is 434 g/mol. The Balaban J connectivity index is 1.98. The lowest BCUT2D eigenvalue weighted by atomic mass is 9.93. The fraction of sp³-hybridized carbons (Fsp3) is 0.423. The van der Waals surface area contributed by atoms with Crippen LogP contribution in [-0.2, 0) is 22.6 Å². The van der Waals surface area contributed by atoms with Gasteiger partial charge in [0.05, 0.1) is 6.54 Å². The third-order valence-corrected chi connectivity index (χ3v) is 5.75. The number of hydrogen-bond acceptors (Lipinski definition) is 4. The summed E-state index contributed by atoms with van der Waals surface area (Å²) in [5.41, 5.74) is -0.309. The van der Waals surface area contributed by atoms with Crippen LogP contribution in [0.4, 0.5) is 9.59 Å². The van der Waals surface area contributed by atoms with E-state index in [2.05, 4.69) is 0 Å². The van der Waals surface area contributed by atoms with Gasteiger partial charge in [-0.1, -0.05) is 60.7 Å². The van der Waals surface area contributed by atoms with Gasteiger partial charge in [-0.2, -0.15) is 0 Å². The molecular formula is C26H33N3O5. The maximum atomic E-state index is 14.1. The van der Waals surface area contributed by atoms with Gasteiger partial charge in [0, 0.05) is 26.2 Å². The number of benzene rings is 2. The Hall–Kier alpha value is -3.55. The van der Waals surface area contributed by atoms with E-state index in [9.17, 15) is 19.5 Å². The van der Waals surface area contributed by atoms with Gasteiger partial charge in [0.2, 0.25) is 0 Å². The number of piperazine rings is 1. The Morgan fingerprint density at radius 2 is 1.44 bits per heavy atom. The van der Waals surface area contributed by atoms with E-state index in [0.717, 1.165) is 11.1 Å². The van der Waals surface area contributed by atoms with Gasteiger partial charge < -0.3 is 19.6 Å². The number of ether oxygens (including phenoxy) is 1. The first-order valence-electron chi connectivity index (χ1n) is 11.4. The summed E-state index contributed by atoms with van der Waals surface area (Å²) in [6.45, 7) is 7.57. The third-order valence-electron chi connectivity index (χ3n) is 5.75. The van der Waals surface area contributed by atoms with Gasteiger partial charge in [-0.05, 0) is 38.8 Å². The SMILES string of the molecule is CC(C)(C)OC(=O)N1CCN(C(=O)O)CC1(C)C(=O)N(Cc1ccccc1)Cc1ccccc1. The minimum atomic E-state index is -1.43. The number of rotatable bonds is 5. The summed E-state index contributed by atoms with van der Waals surface area (Å²) < 4.78 is 5.59. The van der Waals surface area contributed by atoms with Crippen molar-refractivity contribution in [3.05, 3.63) is 71.8 Å². The monoisotopic (exact) mass is 467 g/mol. The normalized spacial score (nSPS) is 18.4. The van der Waals surface area contributed by atoms with E-state index in [-0.39, 0.29) is 25.5 Å². The lowest BCUT2D eigenvalue weighted by Crippen LogP contribution is -2.69. The smallest absolute Gasteiger partial charge is 0.411 e. The first kappa shape index (κ1) is 25.1. The summed E-state index contributed by atoms with van der Waals surface area (Å²) in [4.78, 5) is 43.3. The molecule has 8 nitrogen and oxygen atoms in total. The molecule has 0 radical (unpaired) electrons. The molecule has 0 bridgehead atoms. The number of carboxylic acid groups (broad SMARTS) is 1. The molecule has 1 saturated heterocycles. The van der Waals surface area contributed by atoms with Crippen molar-refractivity contribution in [1.82, 2.24) is 14.7 Å². The molecule has 0 aromatic heterocycles. The molecule has 182 valence electrons. The highest BCUT2D eigenvalue weighted by Gasteiger charge is 2.50. The summed E-state index contributed by atoms with van der Waals surface area (Å²) in [7, 11) is 0.